The van der Waals surface area contributed by atoms with Gasteiger partial charge < -0.3 is 0 Å². The first-order valence-corrected chi connectivity index (χ1v) is 9.53. The molecule has 0 N–H and O–H groups in total. The molecule has 0 heterocycles. The molecular formula is C19H39B. The number of rotatable bonds is 16. The normalized spacial score (nSPS) is 12.7. The molecule has 2 radical (unpaired) electrons. The van der Waals surface area contributed by atoms with Crippen molar-refractivity contribution in [3.8, 4) is 0 Å². The Hall–Kier alpha value is 0.0649. The molecule has 0 saturated heterocycles. The molecule has 0 aromatic heterocycles. The fraction of sp³-hybridized carbons (Fsp3) is 1.00. The average molecular weight is 278 g/mol. The Morgan fingerprint density at radius 3 is 1.15 bits per heavy atom. The molecule has 1 heteroatoms. The maximum absolute atomic E-state index is 5.75. The van der Waals surface area contributed by atoms with Crippen LogP contribution < -0.4 is 0 Å². The van der Waals surface area contributed by atoms with Crippen LogP contribution in [0.1, 0.15) is 117 Å². The lowest BCUT2D eigenvalue weighted by Gasteiger charge is -2.05. The van der Waals surface area contributed by atoms with Gasteiger partial charge in [-0.05, 0) is 0 Å². The summed E-state index contributed by atoms with van der Waals surface area (Å²) in [6, 6.07) is 0. The van der Waals surface area contributed by atoms with Crippen LogP contribution in [0.25, 0.3) is 0 Å². The summed E-state index contributed by atoms with van der Waals surface area (Å²) in [5.74, 6) is 0.400. The Bertz CT molecular complexity index is 165. The van der Waals surface area contributed by atoms with Gasteiger partial charge in [0.25, 0.3) is 0 Å². The van der Waals surface area contributed by atoms with E-state index in [2.05, 4.69) is 13.8 Å². The highest BCUT2D eigenvalue weighted by Crippen LogP contribution is 2.15. The van der Waals surface area contributed by atoms with E-state index in [0.717, 1.165) is 0 Å². The first kappa shape index (κ1) is 20.1. The quantitative estimate of drug-likeness (QED) is 0.206. The highest BCUT2D eigenvalue weighted by Gasteiger charge is 1.95. The lowest BCUT2D eigenvalue weighted by molar-refractivity contribution is 0.529. The second kappa shape index (κ2) is 17.1. The van der Waals surface area contributed by atoms with Crippen LogP contribution in [-0.4, -0.2) is 7.85 Å². The van der Waals surface area contributed by atoms with Crippen LogP contribution in [0, 0.1) is 0 Å². The van der Waals surface area contributed by atoms with E-state index in [9.17, 15) is 0 Å². The van der Waals surface area contributed by atoms with Crippen LogP contribution in [0.2, 0.25) is 5.82 Å². The zero-order valence-electron chi connectivity index (χ0n) is 14.5. The molecular weight excluding hydrogens is 239 g/mol. The summed E-state index contributed by atoms with van der Waals surface area (Å²) in [5.41, 5.74) is 0. The second-order valence-corrected chi connectivity index (χ2v) is 6.72. The molecule has 0 aromatic rings. The molecule has 0 saturated carbocycles. The van der Waals surface area contributed by atoms with Crippen molar-refractivity contribution in [3.05, 3.63) is 0 Å². The van der Waals surface area contributed by atoms with E-state index in [4.69, 9.17) is 7.85 Å². The summed E-state index contributed by atoms with van der Waals surface area (Å²) in [7, 11) is 5.75. The number of hydrogen-bond donors (Lipinski definition) is 0. The molecule has 0 fully saturated rings. The van der Waals surface area contributed by atoms with E-state index < -0.39 is 0 Å². The van der Waals surface area contributed by atoms with Crippen molar-refractivity contribution in [1.82, 2.24) is 0 Å². The molecule has 0 aliphatic heterocycles. The molecule has 0 rings (SSSR count). The minimum Gasteiger partial charge on any atom is -0.0802 e. The number of unbranched alkanes of at least 4 members (excludes halogenated alkanes) is 14. The maximum atomic E-state index is 5.75. The molecule has 0 aliphatic rings. The van der Waals surface area contributed by atoms with Crippen LogP contribution >= 0.6 is 0 Å². The first-order chi connectivity index (χ1) is 9.77. The second-order valence-electron chi connectivity index (χ2n) is 6.72. The first-order valence-electron chi connectivity index (χ1n) is 9.53. The van der Waals surface area contributed by atoms with E-state index in [1.54, 1.807) is 0 Å². The monoisotopic (exact) mass is 278 g/mol. The third kappa shape index (κ3) is 18.1. The molecule has 0 aliphatic carbocycles. The van der Waals surface area contributed by atoms with Crippen LogP contribution in [0.3, 0.4) is 0 Å². The summed E-state index contributed by atoms with van der Waals surface area (Å²) >= 11 is 0. The van der Waals surface area contributed by atoms with E-state index >= 15 is 0 Å². The summed E-state index contributed by atoms with van der Waals surface area (Å²) in [5, 5.41) is 0. The highest BCUT2D eigenvalue weighted by molar-refractivity contribution is 6.11. The molecule has 0 bridgehead atoms. The van der Waals surface area contributed by atoms with E-state index in [0.29, 0.717) is 5.82 Å². The topological polar surface area (TPSA) is 0 Å². The predicted octanol–water partition coefficient (Wildman–Crippen LogP) is 7.22. The summed E-state index contributed by atoms with van der Waals surface area (Å²) < 4.78 is 0. The number of hydrogen-bond acceptors (Lipinski definition) is 0. The van der Waals surface area contributed by atoms with Crippen LogP contribution in [0.4, 0.5) is 0 Å². The van der Waals surface area contributed by atoms with Crippen LogP contribution in [0.15, 0.2) is 0 Å². The third-order valence-corrected chi connectivity index (χ3v) is 4.26. The van der Waals surface area contributed by atoms with E-state index in [1.165, 1.54) is 103 Å². The smallest absolute Gasteiger partial charge is 0.0695 e. The lowest BCUT2D eigenvalue weighted by atomic mass is 9.85. The van der Waals surface area contributed by atoms with Gasteiger partial charge in [0.2, 0.25) is 0 Å². The Balaban J connectivity index is 2.92. The van der Waals surface area contributed by atoms with Gasteiger partial charge in [0, 0.05) is 0 Å². The molecule has 1 atom stereocenters. The van der Waals surface area contributed by atoms with Gasteiger partial charge in [-0.15, -0.1) is 0 Å². The molecule has 0 aromatic carbocycles. The Morgan fingerprint density at radius 1 is 0.550 bits per heavy atom. The molecule has 0 amide bonds. The van der Waals surface area contributed by atoms with Gasteiger partial charge >= 0.3 is 0 Å². The summed E-state index contributed by atoms with van der Waals surface area (Å²) in [6.07, 6.45) is 22.8. The average Bonchev–Trinajstić information content (AvgIpc) is 2.43. The fourth-order valence-corrected chi connectivity index (χ4v) is 2.84. The predicted molar refractivity (Wildman–Crippen MR) is 94.7 cm³/mol. The van der Waals surface area contributed by atoms with Gasteiger partial charge in [-0.25, -0.2) is 0 Å². The largest absolute Gasteiger partial charge is 0.0802 e. The minimum absolute atomic E-state index is 0.400. The summed E-state index contributed by atoms with van der Waals surface area (Å²) in [4.78, 5) is 0. The SMILES string of the molecule is [B]C(C)CCCCCCCCCCCCCCCCC. The van der Waals surface area contributed by atoms with E-state index in [-0.39, 0.29) is 0 Å². The fourth-order valence-electron chi connectivity index (χ4n) is 2.84. The standard InChI is InChI=1S/C19H39B/c1-3-4-5-6-7-8-9-10-11-12-13-14-15-16-17-18-19(2)20/h19H,3-18H2,1-2H3. The van der Waals surface area contributed by atoms with Crippen LogP contribution in [0.5, 0.6) is 0 Å². The zero-order valence-corrected chi connectivity index (χ0v) is 14.5. The third-order valence-electron chi connectivity index (χ3n) is 4.26. The Morgan fingerprint density at radius 2 is 0.850 bits per heavy atom. The molecule has 1 unspecified atom stereocenters. The van der Waals surface area contributed by atoms with Gasteiger partial charge in [0.15, 0.2) is 0 Å². The van der Waals surface area contributed by atoms with Crippen LogP contribution in [-0.2, 0) is 0 Å². The van der Waals surface area contributed by atoms with Crippen molar-refractivity contribution in [2.24, 2.45) is 0 Å². The van der Waals surface area contributed by atoms with E-state index in [1.807, 2.05) is 0 Å². The highest BCUT2D eigenvalue weighted by atomic mass is 14.0. The Labute approximate surface area is 130 Å². The molecule has 20 heavy (non-hydrogen) atoms. The van der Waals surface area contributed by atoms with Gasteiger partial charge in [0.1, 0.15) is 0 Å². The molecule has 0 spiro atoms. The van der Waals surface area contributed by atoms with Crippen molar-refractivity contribution < 1.29 is 0 Å². The summed E-state index contributed by atoms with van der Waals surface area (Å²) in [6.45, 7) is 4.41. The molecule has 118 valence electrons. The van der Waals surface area contributed by atoms with Crippen molar-refractivity contribution in [2.45, 2.75) is 122 Å². The zero-order chi connectivity index (χ0) is 14.9. The van der Waals surface area contributed by atoms with Crippen molar-refractivity contribution in [2.75, 3.05) is 0 Å². The molecule has 0 nitrogen and oxygen atoms in total. The minimum atomic E-state index is 0.400. The van der Waals surface area contributed by atoms with Crippen molar-refractivity contribution in [1.29, 1.82) is 0 Å². The van der Waals surface area contributed by atoms with Crippen molar-refractivity contribution in [3.63, 3.8) is 0 Å². The maximum Gasteiger partial charge on any atom is 0.0695 e. The van der Waals surface area contributed by atoms with Gasteiger partial charge in [-0.2, -0.15) is 0 Å². The van der Waals surface area contributed by atoms with Crippen molar-refractivity contribution >= 4 is 7.85 Å². The van der Waals surface area contributed by atoms with Gasteiger partial charge in [-0.1, -0.05) is 122 Å². The van der Waals surface area contributed by atoms with Gasteiger partial charge in [-0.3, -0.25) is 0 Å². The Kier molecular flexibility index (Phi) is 17.2. The lowest BCUT2D eigenvalue weighted by Crippen LogP contribution is -1.86. The van der Waals surface area contributed by atoms with Gasteiger partial charge in [0.05, 0.1) is 7.85 Å².